The fraction of sp³-hybridized carbons (Fsp3) is 0.333. The van der Waals surface area contributed by atoms with Crippen LogP contribution in [0.1, 0.15) is 11.1 Å². The van der Waals surface area contributed by atoms with Gasteiger partial charge >= 0.3 is 0 Å². The molecule has 0 atom stereocenters. The molecule has 106 valence electrons. The summed E-state index contributed by atoms with van der Waals surface area (Å²) in [6, 6.07) is 7.98. The average Bonchev–Trinajstić information content (AvgIpc) is 2.44. The summed E-state index contributed by atoms with van der Waals surface area (Å²) in [6.07, 6.45) is 1.48. The first-order chi connectivity index (χ1) is 9.59. The van der Waals surface area contributed by atoms with Gasteiger partial charge in [0, 0.05) is 12.6 Å². The lowest BCUT2D eigenvalue weighted by atomic mass is 10.2. The first-order valence-corrected chi connectivity index (χ1v) is 6.84. The van der Waals surface area contributed by atoms with Crippen LogP contribution in [0.3, 0.4) is 0 Å². The monoisotopic (exact) mass is 291 g/mol. The smallest absolute Gasteiger partial charge is 0.137 e. The predicted octanol–water partition coefficient (Wildman–Crippen LogP) is 3.26. The van der Waals surface area contributed by atoms with E-state index in [1.165, 1.54) is 6.33 Å². The topological polar surface area (TPSA) is 38.2 Å². The molecule has 1 heterocycles. The average molecular weight is 292 g/mol. The van der Waals surface area contributed by atoms with E-state index < -0.39 is 0 Å². The lowest BCUT2D eigenvalue weighted by Gasteiger charge is -2.20. The largest absolute Gasteiger partial charge is 0.491 e. The molecule has 5 heteroatoms. The van der Waals surface area contributed by atoms with Gasteiger partial charge in [-0.05, 0) is 25.5 Å². The second-order valence-electron chi connectivity index (χ2n) is 4.65. The third kappa shape index (κ3) is 3.39. The van der Waals surface area contributed by atoms with E-state index in [1.807, 2.05) is 50.1 Å². The molecule has 1 aromatic carbocycles. The number of halogens is 1. The van der Waals surface area contributed by atoms with Crippen molar-refractivity contribution in [1.29, 1.82) is 0 Å². The van der Waals surface area contributed by atoms with E-state index in [9.17, 15) is 0 Å². The summed E-state index contributed by atoms with van der Waals surface area (Å²) in [5.41, 5.74) is 2.02. The standard InChI is InChI=1S/C15H18ClN3O/c1-11-6-4-5-7-13(11)20-9-8-19(3)15-12(2)14(16)17-10-18-15/h4-7,10H,8-9H2,1-3H3. The SMILES string of the molecule is Cc1ccccc1OCCN(C)c1ncnc(Cl)c1C. The second-order valence-corrected chi connectivity index (χ2v) is 5.01. The normalized spacial score (nSPS) is 10.4. The van der Waals surface area contributed by atoms with Crippen LogP contribution in [0.2, 0.25) is 5.15 Å². The Morgan fingerprint density at radius 3 is 2.70 bits per heavy atom. The molecule has 0 fully saturated rings. The van der Waals surface area contributed by atoms with Crippen LogP contribution < -0.4 is 9.64 Å². The van der Waals surface area contributed by atoms with Gasteiger partial charge in [0.2, 0.25) is 0 Å². The molecule has 0 aliphatic carbocycles. The molecule has 0 amide bonds. The number of benzene rings is 1. The highest BCUT2D eigenvalue weighted by atomic mass is 35.5. The van der Waals surface area contributed by atoms with E-state index in [0.29, 0.717) is 11.8 Å². The number of hydrogen-bond acceptors (Lipinski definition) is 4. The molecule has 0 spiro atoms. The number of nitrogens with zero attached hydrogens (tertiary/aromatic N) is 3. The molecule has 0 aliphatic rings. The Kier molecular flexibility index (Phi) is 4.79. The van der Waals surface area contributed by atoms with Crippen molar-refractivity contribution in [2.45, 2.75) is 13.8 Å². The van der Waals surface area contributed by atoms with Crippen LogP contribution in [0.25, 0.3) is 0 Å². The van der Waals surface area contributed by atoms with E-state index in [2.05, 4.69) is 9.97 Å². The van der Waals surface area contributed by atoms with Gasteiger partial charge in [-0.1, -0.05) is 29.8 Å². The van der Waals surface area contributed by atoms with E-state index in [-0.39, 0.29) is 0 Å². The van der Waals surface area contributed by atoms with Crippen LogP contribution in [0.5, 0.6) is 5.75 Å². The molecule has 0 saturated carbocycles. The summed E-state index contributed by atoms with van der Waals surface area (Å²) in [7, 11) is 1.97. The zero-order valence-electron chi connectivity index (χ0n) is 11.9. The summed E-state index contributed by atoms with van der Waals surface area (Å²) >= 11 is 6.00. The molecule has 0 radical (unpaired) electrons. The quantitative estimate of drug-likeness (QED) is 0.793. The van der Waals surface area contributed by atoms with Crippen molar-refractivity contribution in [2.24, 2.45) is 0 Å². The van der Waals surface area contributed by atoms with E-state index in [1.54, 1.807) is 0 Å². The van der Waals surface area contributed by atoms with Gasteiger partial charge in [-0.3, -0.25) is 0 Å². The van der Waals surface area contributed by atoms with Crippen LogP contribution in [-0.2, 0) is 0 Å². The number of hydrogen-bond donors (Lipinski definition) is 0. The lowest BCUT2D eigenvalue weighted by Crippen LogP contribution is -2.25. The van der Waals surface area contributed by atoms with Crippen LogP contribution in [0, 0.1) is 13.8 Å². The van der Waals surface area contributed by atoms with Crippen molar-refractivity contribution >= 4 is 17.4 Å². The maximum absolute atomic E-state index is 6.00. The van der Waals surface area contributed by atoms with Gasteiger partial charge < -0.3 is 9.64 Å². The number of rotatable bonds is 5. The van der Waals surface area contributed by atoms with Crippen molar-refractivity contribution in [3.8, 4) is 5.75 Å². The second kappa shape index (κ2) is 6.57. The predicted molar refractivity (Wildman–Crippen MR) is 81.7 cm³/mol. The first-order valence-electron chi connectivity index (χ1n) is 6.46. The van der Waals surface area contributed by atoms with E-state index in [4.69, 9.17) is 16.3 Å². The highest BCUT2D eigenvalue weighted by Gasteiger charge is 2.09. The van der Waals surface area contributed by atoms with Crippen molar-refractivity contribution in [1.82, 2.24) is 9.97 Å². The van der Waals surface area contributed by atoms with Crippen molar-refractivity contribution < 1.29 is 4.74 Å². The Morgan fingerprint density at radius 1 is 1.20 bits per heavy atom. The van der Waals surface area contributed by atoms with Crippen LogP contribution in [0.4, 0.5) is 5.82 Å². The zero-order chi connectivity index (χ0) is 14.5. The molecule has 2 rings (SSSR count). The molecular weight excluding hydrogens is 274 g/mol. The van der Waals surface area contributed by atoms with Gasteiger partial charge in [0.05, 0.1) is 6.54 Å². The van der Waals surface area contributed by atoms with Gasteiger partial charge in [-0.25, -0.2) is 9.97 Å². The summed E-state index contributed by atoms with van der Waals surface area (Å²) in [5, 5.41) is 0.488. The molecule has 4 nitrogen and oxygen atoms in total. The van der Waals surface area contributed by atoms with Crippen LogP contribution in [0.15, 0.2) is 30.6 Å². The van der Waals surface area contributed by atoms with Crippen molar-refractivity contribution in [3.05, 3.63) is 46.9 Å². The highest BCUT2D eigenvalue weighted by Crippen LogP contribution is 2.21. The Morgan fingerprint density at radius 2 is 1.95 bits per heavy atom. The molecule has 1 aromatic heterocycles. The van der Waals surface area contributed by atoms with Crippen LogP contribution in [-0.4, -0.2) is 30.2 Å². The fourth-order valence-electron chi connectivity index (χ4n) is 1.92. The van der Waals surface area contributed by atoms with Gasteiger partial charge in [-0.15, -0.1) is 0 Å². The molecule has 0 N–H and O–H groups in total. The summed E-state index contributed by atoms with van der Waals surface area (Å²) in [6.45, 7) is 5.26. The minimum atomic E-state index is 0.488. The summed E-state index contributed by atoms with van der Waals surface area (Å²) < 4.78 is 5.78. The maximum Gasteiger partial charge on any atom is 0.137 e. The minimum Gasteiger partial charge on any atom is -0.491 e. The number of ether oxygens (including phenoxy) is 1. The van der Waals surface area contributed by atoms with Gasteiger partial charge in [0.25, 0.3) is 0 Å². The number of likely N-dealkylation sites (N-methyl/N-ethyl adjacent to an activating group) is 1. The van der Waals surface area contributed by atoms with E-state index in [0.717, 1.165) is 29.2 Å². The number of para-hydroxylation sites is 1. The molecule has 2 aromatic rings. The Hall–Kier alpha value is -1.81. The third-order valence-electron chi connectivity index (χ3n) is 3.14. The Labute approximate surface area is 124 Å². The highest BCUT2D eigenvalue weighted by molar-refractivity contribution is 6.30. The number of aromatic nitrogens is 2. The Bertz CT molecular complexity index is 589. The first kappa shape index (κ1) is 14.6. The van der Waals surface area contributed by atoms with Gasteiger partial charge in [0.1, 0.15) is 29.7 Å². The van der Waals surface area contributed by atoms with Crippen molar-refractivity contribution in [2.75, 3.05) is 25.1 Å². The van der Waals surface area contributed by atoms with E-state index >= 15 is 0 Å². The molecule has 20 heavy (non-hydrogen) atoms. The Balaban J connectivity index is 1.94. The van der Waals surface area contributed by atoms with Crippen molar-refractivity contribution in [3.63, 3.8) is 0 Å². The number of aryl methyl sites for hydroxylation is 1. The lowest BCUT2D eigenvalue weighted by molar-refractivity contribution is 0.323. The zero-order valence-corrected chi connectivity index (χ0v) is 12.7. The molecule has 0 unspecified atom stereocenters. The summed E-state index contributed by atoms with van der Waals surface area (Å²) in [5.74, 6) is 1.75. The van der Waals surface area contributed by atoms with Gasteiger partial charge in [0.15, 0.2) is 0 Å². The molecule has 0 saturated heterocycles. The van der Waals surface area contributed by atoms with Crippen LogP contribution >= 0.6 is 11.6 Å². The number of anilines is 1. The fourth-order valence-corrected chi connectivity index (χ4v) is 2.05. The maximum atomic E-state index is 6.00. The third-order valence-corrected chi connectivity index (χ3v) is 3.52. The molecule has 0 aliphatic heterocycles. The molecule has 0 bridgehead atoms. The van der Waals surface area contributed by atoms with Gasteiger partial charge in [-0.2, -0.15) is 0 Å². The summed E-state index contributed by atoms with van der Waals surface area (Å²) in [4.78, 5) is 10.2. The molecular formula is C15H18ClN3O. The minimum absolute atomic E-state index is 0.488.